The van der Waals surface area contributed by atoms with E-state index in [1.165, 1.54) is 7.11 Å². The smallest absolute Gasteiger partial charge is 0.327 e. The van der Waals surface area contributed by atoms with Gasteiger partial charge < -0.3 is 14.9 Å². The Balaban J connectivity index is 2.31. The van der Waals surface area contributed by atoms with E-state index in [9.17, 15) is 19.5 Å². The molecule has 0 aliphatic carbocycles. The van der Waals surface area contributed by atoms with E-state index < -0.39 is 30.3 Å². The van der Waals surface area contributed by atoms with Gasteiger partial charge >= 0.3 is 11.9 Å². The Bertz CT molecular complexity index is 745. The second kappa shape index (κ2) is 7.45. The van der Waals surface area contributed by atoms with Gasteiger partial charge in [0.25, 0.3) is 5.91 Å². The summed E-state index contributed by atoms with van der Waals surface area (Å²) in [6.07, 6.45) is 0.829. The molecule has 1 fully saturated rings. The van der Waals surface area contributed by atoms with Crippen molar-refractivity contribution in [3.05, 3.63) is 34.7 Å². The largest absolute Gasteiger partial charge is 0.497 e. The molecular formula is C15H13NO6S2. The van der Waals surface area contributed by atoms with E-state index in [1.807, 2.05) is 0 Å². The molecule has 0 radical (unpaired) electrons. The Hall–Kier alpha value is -2.39. The molecule has 1 amide bonds. The molecule has 0 spiro atoms. The van der Waals surface area contributed by atoms with Crippen LogP contribution in [-0.4, -0.2) is 50.4 Å². The Labute approximate surface area is 146 Å². The third kappa shape index (κ3) is 3.92. The van der Waals surface area contributed by atoms with Crippen LogP contribution in [0, 0.1) is 0 Å². The number of ether oxygens (including phenoxy) is 1. The van der Waals surface area contributed by atoms with Crippen molar-refractivity contribution >= 4 is 52.2 Å². The molecule has 0 saturated carbocycles. The summed E-state index contributed by atoms with van der Waals surface area (Å²) in [7, 11) is 1.52. The Morgan fingerprint density at radius 2 is 2.12 bits per heavy atom. The first-order valence-corrected chi connectivity index (χ1v) is 7.91. The van der Waals surface area contributed by atoms with Crippen molar-refractivity contribution in [1.29, 1.82) is 0 Å². The average molecular weight is 367 g/mol. The molecule has 1 aliphatic rings. The molecule has 0 bridgehead atoms. The molecule has 1 aromatic rings. The van der Waals surface area contributed by atoms with Gasteiger partial charge in [-0.15, -0.1) is 0 Å². The summed E-state index contributed by atoms with van der Waals surface area (Å²) >= 11 is 5.99. The Kier molecular flexibility index (Phi) is 5.58. The van der Waals surface area contributed by atoms with Crippen LogP contribution in [0.4, 0.5) is 0 Å². The molecule has 1 aromatic carbocycles. The third-order valence-electron chi connectivity index (χ3n) is 3.18. The number of thiocarbonyl (C=S) groups is 1. The lowest BCUT2D eigenvalue weighted by atomic mass is 10.1. The highest BCUT2D eigenvalue weighted by molar-refractivity contribution is 8.26. The number of hydrogen-bond donors (Lipinski definition) is 2. The lowest BCUT2D eigenvalue weighted by molar-refractivity contribution is -0.150. The molecule has 126 valence electrons. The highest BCUT2D eigenvalue weighted by Crippen LogP contribution is 2.35. The number of carboxylic acid groups (broad SMARTS) is 2. The van der Waals surface area contributed by atoms with E-state index in [1.54, 1.807) is 30.3 Å². The number of thioether (sulfide) groups is 1. The zero-order valence-electron chi connectivity index (χ0n) is 12.5. The zero-order chi connectivity index (χ0) is 17.9. The second-order valence-electron chi connectivity index (χ2n) is 4.78. The van der Waals surface area contributed by atoms with E-state index in [0.717, 1.165) is 16.7 Å². The number of amides is 1. The van der Waals surface area contributed by atoms with Crippen molar-refractivity contribution in [1.82, 2.24) is 4.90 Å². The predicted molar refractivity (Wildman–Crippen MR) is 91.7 cm³/mol. The van der Waals surface area contributed by atoms with Crippen molar-refractivity contribution in [3.8, 4) is 5.75 Å². The molecule has 1 unspecified atom stereocenters. The lowest BCUT2D eigenvalue weighted by Gasteiger charge is -2.21. The highest BCUT2D eigenvalue weighted by atomic mass is 32.2. The topological polar surface area (TPSA) is 104 Å². The molecule has 2 N–H and O–H groups in total. The summed E-state index contributed by atoms with van der Waals surface area (Å²) < 4.78 is 5.12. The average Bonchev–Trinajstić information content (AvgIpc) is 2.79. The van der Waals surface area contributed by atoms with Gasteiger partial charge in [-0.05, 0) is 23.8 Å². The van der Waals surface area contributed by atoms with E-state index in [4.69, 9.17) is 22.1 Å². The normalized spacial score (nSPS) is 17.2. The molecular weight excluding hydrogens is 354 g/mol. The maximum atomic E-state index is 12.5. The van der Waals surface area contributed by atoms with E-state index in [-0.39, 0.29) is 9.23 Å². The number of rotatable bonds is 6. The molecule has 1 heterocycles. The fourth-order valence-corrected chi connectivity index (χ4v) is 3.44. The van der Waals surface area contributed by atoms with Crippen LogP contribution in [0.1, 0.15) is 12.0 Å². The molecule has 1 saturated heterocycles. The lowest BCUT2D eigenvalue weighted by Crippen LogP contribution is -2.45. The van der Waals surface area contributed by atoms with Gasteiger partial charge in [-0.1, -0.05) is 36.1 Å². The monoisotopic (exact) mass is 367 g/mol. The second-order valence-corrected chi connectivity index (χ2v) is 6.46. The van der Waals surface area contributed by atoms with Gasteiger partial charge in [0.05, 0.1) is 18.4 Å². The molecule has 1 atom stereocenters. The van der Waals surface area contributed by atoms with E-state index in [0.29, 0.717) is 11.3 Å². The SMILES string of the molecule is COc1cccc(C=C2SC(=S)N(C(CC(=O)O)C(=O)O)C2=O)c1. The van der Waals surface area contributed by atoms with Gasteiger partial charge in [-0.3, -0.25) is 14.5 Å². The number of carboxylic acids is 2. The fourth-order valence-electron chi connectivity index (χ4n) is 2.09. The van der Waals surface area contributed by atoms with Gasteiger partial charge in [-0.2, -0.15) is 0 Å². The van der Waals surface area contributed by atoms with Crippen molar-refractivity contribution in [2.24, 2.45) is 0 Å². The summed E-state index contributed by atoms with van der Waals surface area (Å²) in [5.41, 5.74) is 0.681. The zero-order valence-corrected chi connectivity index (χ0v) is 14.1. The molecule has 24 heavy (non-hydrogen) atoms. The number of nitrogens with zero attached hydrogens (tertiary/aromatic N) is 1. The molecule has 7 nitrogen and oxygen atoms in total. The third-order valence-corrected chi connectivity index (χ3v) is 4.51. The van der Waals surface area contributed by atoms with E-state index in [2.05, 4.69) is 0 Å². The predicted octanol–water partition coefficient (Wildman–Crippen LogP) is 1.82. The Morgan fingerprint density at radius 3 is 2.71 bits per heavy atom. The van der Waals surface area contributed by atoms with E-state index >= 15 is 0 Å². The molecule has 1 aliphatic heterocycles. The minimum atomic E-state index is -1.54. The van der Waals surface area contributed by atoms with Crippen LogP contribution >= 0.6 is 24.0 Å². The maximum absolute atomic E-state index is 12.5. The van der Waals surface area contributed by atoms with Crippen molar-refractivity contribution < 1.29 is 29.3 Å². The Morgan fingerprint density at radius 1 is 1.42 bits per heavy atom. The van der Waals surface area contributed by atoms with Crippen molar-refractivity contribution in [2.75, 3.05) is 7.11 Å². The van der Waals surface area contributed by atoms with Crippen LogP contribution in [0.15, 0.2) is 29.2 Å². The standard InChI is InChI=1S/C15H13NO6S2/c1-22-9-4-2-3-8(5-9)6-11-13(19)16(15(23)24-11)10(14(20)21)7-12(17)18/h2-6,10H,7H2,1H3,(H,17,18)(H,20,21). The first-order chi connectivity index (χ1) is 11.3. The summed E-state index contributed by atoms with van der Waals surface area (Å²) in [5.74, 6) is -2.76. The summed E-state index contributed by atoms with van der Waals surface area (Å²) in [4.78, 5) is 35.7. The van der Waals surface area contributed by atoms with Crippen LogP contribution in [0.3, 0.4) is 0 Å². The van der Waals surface area contributed by atoms with Gasteiger partial charge in [-0.25, -0.2) is 4.79 Å². The van der Waals surface area contributed by atoms with Crippen LogP contribution in [0.5, 0.6) is 5.75 Å². The number of carbonyl (C=O) groups excluding carboxylic acids is 1. The van der Waals surface area contributed by atoms with Gasteiger partial charge in [0.1, 0.15) is 16.1 Å². The van der Waals surface area contributed by atoms with Gasteiger partial charge in [0.2, 0.25) is 0 Å². The van der Waals surface area contributed by atoms with Crippen LogP contribution in [0.2, 0.25) is 0 Å². The number of aliphatic carboxylic acids is 2. The van der Waals surface area contributed by atoms with Gasteiger partial charge in [0.15, 0.2) is 0 Å². The molecule has 0 aromatic heterocycles. The summed E-state index contributed by atoms with van der Waals surface area (Å²) in [5, 5.41) is 18.0. The summed E-state index contributed by atoms with van der Waals surface area (Å²) in [6.45, 7) is 0. The maximum Gasteiger partial charge on any atom is 0.327 e. The number of benzene rings is 1. The number of carbonyl (C=O) groups is 3. The van der Waals surface area contributed by atoms with Gasteiger partial charge in [0, 0.05) is 0 Å². The van der Waals surface area contributed by atoms with Crippen LogP contribution in [0.25, 0.3) is 6.08 Å². The minimum Gasteiger partial charge on any atom is -0.497 e. The number of methoxy groups -OCH3 is 1. The van der Waals surface area contributed by atoms with Crippen LogP contribution in [-0.2, 0) is 14.4 Å². The fraction of sp³-hybridized carbons (Fsp3) is 0.200. The van der Waals surface area contributed by atoms with Crippen LogP contribution < -0.4 is 4.74 Å². The molecule has 9 heteroatoms. The first-order valence-electron chi connectivity index (χ1n) is 6.69. The number of hydrogen-bond acceptors (Lipinski definition) is 6. The summed E-state index contributed by atoms with van der Waals surface area (Å²) in [6, 6.07) is 5.41. The highest BCUT2D eigenvalue weighted by Gasteiger charge is 2.41. The first kappa shape index (κ1) is 18.0. The quantitative estimate of drug-likeness (QED) is 0.580. The minimum absolute atomic E-state index is 0.0165. The van der Waals surface area contributed by atoms with Crippen molar-refractivity contribution in [2.45, 2.75) is 12.5 Å². The van der Waals surface area contributed by atoms with Crippen molar-refractivity contribution in [3.63, 3.8) is 0 Å². The molecule has 2 rings (SSSR count).